The number of carbonyl (C=O) groups is 1. The summed E-state index contributed by atoms with van der Waals surface area (Å²) >= 11 is 0.783. The van der Waals surface area contributed by atoms with Gasteiger partial charge in [0.1, 0.15) is 5.82 Å². The van der Waals surface area contributed by atoms with Gasteiger partial charge in [-0.05, 0) is 31.0 Å². The highest BCUT2D eigenvalue weighted by atomic mass is 32.2. The fraction of sp³-hybridized carbons (Fsp3) is 0.357. The van der Waals surface area contributed by atoms with Crippen molar-refractivity contribution in [1.82, 2.24) is 14.5 Å². The number of aromatic nitrogens is 2. The molecule has 0 radical (unpaired) electrons. The summed E-state index contributed by atoms with van der Waals surface area (Å²) in [6.07, 6.45) is 2.65. The van der Waals surface area contributed by atoms with E-state index >= 15 is 0 Å². The predicted molar refractivity (Wildman–Crippen MR) is 86.9 cm³/mol. The van der Waals surface area contributed by atoms with Crippen molar-refractivity contribution in [2.45, 2.75) is 23.6 Å². The summed E-state index contributed by atoms with van der Waals surface area (Å²) in [5.41, 5.74) is 0.116. The monoisotopic (exact) mass is 370 g/mol. The van der Waals surface area contributed by atoms with Gasteiger partial charge < -0.3 is 0 Å². The van der Waals surface area contributed by atoms with Crippen LogP contribution in [0.3, 0.4) is 0 Å². The first-order chi connectivity index (χ1) is 11.5. The van der Waals surface area contributed by atoms with E-state index in [0.29, 0.717) is 13.1 Å². The fourth-order valence-corrected chi connectivity index (χ4v) is 4.93. The average molecular weight is 370 g/mol. The van der Waals surface area contributed by atoms with Gasteiger partial charge in [-0.2, -0.15) is 4.31 Å². The highest BCUT2D eigenvalue weighted by Gasteiger charge is 2.29. The van der Waals surface area contributed by atoms with Crippen molar-refractivity contribution >= 4 is 32.4 Å². The summed E-state index contributed by atoms with van der Waals surface area (Å²) < 4.78 is 39.3. The number of carbonyl (C=O) groups excluding carboxylic acids is 1. The van der Waals surface area contributed by atoms with E-state index in [1.165, 1.54) is 22.5 Å². The Morgan fingerprint density at radius 3 is 2.67 bits per heavy atom. The first-order valence-corrected chi connectivity index (χ1v) is 9.63. The molecular weight excluding hydrogens is 355 g/mol. The molecule has 1 N–H and O–H groups in total. The van der Waals surface area contributed by atoms with Crippen molar-refractivity contribution in [2.75, 3.05) is 18.4 Å². The van der Waals surface area contributed by atoms with Crippen LogP contribution in [0, 0.1) is 5.82 Å². The van der Waals surface area contributed by atoms with E-state index in [1.807, 2.05) is 0 Å². The SMILES string of the molecule is O=C(Nc1nnc(S(=O)(=O)N2CCCCC2)s1)c1cccc(F)c1. The van der Waals surface area contributed by atoms with Crippen LogP contribution in [0.4, 0.5) is 9.52 Å². The molecule has 128 valence electrons. The van der Waals surface area contributed by atoms with Crippen LogP contribution in [0.2, 0.25) is 0 Å². The van der Waals surface area contributed by atoms with Crippen molar-refractivity contribution in [3.63, 3.8) is 0 Å². The molecule has 2 aromatic rings. The molecule has 0 bridgehead atoms. The lowest BCUT2D eigenvalue weighted by Crippen LogP contribution is -2.35. The lowest BCUT2D eigenvalue weighted by Gasteiger charge is -2.24. The van der Waals surface area contributed by atoms with Gasteiger partial charge in [-0.25, -0.2) is 12.8 Å². The molecule has 24 heavy (non-hydrogen) atoms. The molecule has 1 aliphatic heterocycles. The first-order valence-electron chi connectivity index (χ1n) is 7.37. The Morgan fingerprint density at radius 2 is 1.96 bits per heavy atom. The van der Waals surface area contributed by atoms with Gasteiger partial charge in [0.2, 0.25) is 9.47 Å². The van der Waals surface area contributed by atoms with Gasteiger partial charge in [-0.15, -0.1) is 10.2 Å². The van der Waals surface area contributed by atoms with Crippen LogP contribution in [0.15, 0.2) is 28.6 Å². The van der Waals surface area contributed by atoms with Crippen LogP contribution in [-0.2, 0) is 10.0 Å². The lowest BCUT2D eigenvalue weighted by atomic mass is 10.2. The molecule has 1 fully saturated rings. The van der Waals surface area contributed by atoms with Crippen LogP contribution in [0.25, 0.3) is 0 Å². The number of hydrogen-bond acceptors (Lipinski definition) is 6. The number of piperidine rings is 1. The van der Waals surface area contributed by atoms with E-state index in [1.54, 1.807) is 0 Å². The number of nitrogens with one attached hydrogen (secondary N) is 1. The van der Waals surface area contributed by atoms with Crippen molar-refractivity contribution in [1.29, 1.82) is 0 Å². The molecule has 1 aromatic heterocycles. The molecule has 1 saturated heterocycles. The highest BCUT2D eigenvalue weighted by Crippen LogP contribution is 2.25. The van der Waals surface area contributed by atoms with Crippen LogP contribution in [0.1, 0.15) is 29.6 Å². The largest absolute Gasteiger partial charge is 0.296 e. The summed E-state index contributed by atoms with van der Waals surface area (Å²) in [6, 6.07) is 5.17. The Balaban J connectivity index is 1.74. The number of halogens is 1. The van der Waals surface area contributed by atoms with Gasteiger partial charge in [0.05, 0.1) is 0 Å². The van der Waals surface area contributed by atoms with Gasteiger partial charge in [0, 0.05) is 18.7 Å². The Bertz CT molecular complexity index is 847. The van der Waals surface area contributed by atoms with Crippen LogP contribution in [-0.4, -0.2) is 41.9 Å². The van der Waals surface area contributed by atoms with E-state index in [9.17, 15) is 17.6 Å². The molecule has 0 spiro atoms. The minimum Gasteiger partial charge on any atom is -0.296 e. The van der Waals surface area contributed by atoms with Gasteiger partial charge in [0.15, 0.2) is 0 Å². The summed E-state index contributed by atoms with van der Waals surface area (Å²) in [6.45, 7) is 0.930. The zero-order valence-corrected chi connectivity index (χ0v) is 14.2. The Hall–Kier alpha value is -1.91. The molecule has 0 atom stereocenters. The average Bonchev–Trinajstić information content (AvgIpc) is 3.05. The standard InChI is InChI=1S/C14H15FN4O3S2/c15-11-6-4-5-10(9-11)12(20)16-13-17-18-14(23-13)24(21,22)19-7-2-1-3-8-19/h4-6,9H,1-3,7-8H2,(H,16,17,20). The van der Waals surface area contributed by atoms with Gasteiger partial charge >= 0.3 is 0 Å². The molecule has 1 amide bonds. The van der Waals surface area contributed by atoms with Crippen LogP contribution < -0.4 is 5.32 Å². The van der Waals surface area contributed by atoms with Crippen molar-refractivity contribution in [2.24, 2.45) is 0 Å². The third-order valence-electron chi connectivity index (χ3n) is 3.59. The van der Waals surface area contributed by atoms with E-state index in [2.05, 4.69) is 15.5 Å². The molecule has 2 heterocycles. The van der Waals surface area contributed by atoms with Crippen molar-refractivity contribution in [3.05, 3.63) is 35.6 Å². The normalized spacial score (nSPS) is 16.0. The van der Waals surface area contributed by atoms with Gasteiger partial charge in [0.25, 0.3) is 15.9 Å². The summed E-state index contributed by atoms with van der Waals surface area (Å²) in [7, 11) is -3.68. The maximum atomic E-state index is 13.1. The quantitative estimate of drug-likeness (QED) is 0.832. The Morgan fingerprint density at radius 1 is 1.21 bits per heavy atom. The first kappa shape index (κ1) is 16.9. The lowest BCUT2D eigenvalue weighted by molar-refractivity contribution is 0.102. The summed E-state index contributed by atoms with van der Waals surface area (Å²) in [5, 5.41) is 9.87. The second kappa shape index (κ2) is 6.91. The van der Waals surface area contributed by atoms with Crippen molar-refractivity contribution in [3.8, 4) is 0 Å². The molecule has 3 rings (SSSR count). The number of hydrogen-bond donors (Lipinski definition) is 1. The number of rotatable bonds is 4. The molecule has 0 aliphatic carbocycles. The number of nitrogens with zero attached hydrogens (tertiary/aromatic N) is 3. The predicted octanol–water partition coefficient (Wildman–Crippen LogP) is 2.10. The zero-order chi connectivity index (χ0) is 17.2. The maximum absolute atomic E-state index is 13.1. The molecule has 1 aromatic carbocycles. The Labute approximate surface area is 142 Å². The van der Waals surface area contributed by atoms with E-state index in [4.69, 9.17) is 0 Å². The third-order valence-corrected chi connectivity index (χ3v) is 6.67. The smallest absolute Gasteiger partial charge is 0.272 e. The second-order valence-corrected chi connectivity index (χ2v) is 8.39. The third kappa shape index (κ3) is 3.60. The van der Waals surface area contributed by atoms with Crippen LogP contribution >= 0.6 is 11.3 Å². The zero-order valence-electron chi connectivity index (χ0n) is 12.6. The minimum absolute atomic E-state index is 0.0554. The molecular formula is C14H15FN4O3S2. The topological polar surface area (TPSA) is 92.3 Å². The molecule has 0 unspecified atom stereocenters. The van der Waals surface area contributed by atoms with Crippen molar-refractivity contribution < 1.29 is 17.6 Å². The summed E-state index contributed by atoms with van der Waals surface area (Å²) in [5.74, 6) is -1.11. The van der Waals surface area contributed by atoms with E-state index in [0.717, 1.165) is 36.7 Å². The van der Waals surface area contributed by atoms with Gasteiger partial charge in [-0.3, -0.25) is 10.1 Å². The molecule has 0 saturated carbocycles. The van der Waals surface area contributed by atoms with E-state index < -0.39 is 21.7 Å². The van der Waals surface area contributed by atoms with E-state index in [-0.39, 0.29) is 15.0 Å². The maximum Gasteiger partial charge on any atom is 0.272 e. The van der Waals surface area contributed by atoms with Crippen LogP contribution in [0.5, 0.6) is 0 Å². The number of benzene rings is 1. The van der Waals surface area contributed by atoms with Gasteiger partial charge in [-0.1, -0.05) is 23.8 Å². The minimum atomic E-state index is -3.68. The second-order valence-electron chi connectivity index (χ2n) is 5.30. The number of anilines is 1. The Kier molecular flexibility index (Phi) is 4.88. The molecule has 7 nitrogen and oxygen atoms in total. The number of amides is 1. The number of sulfonamides is 1. The summed E-state index contributed by atoms with van der Waals surface area (Å²) in [4.78, 5) is 12.0. The molecule has 1 aliphatic rings. The fourth-order valence-electron chi connectivity index (χ4n) is 2.38. The highest BCUT2D eigenvalue weighted by molar-refractivity contribution is 7.91. The molecule has 10 heteroatoms.